The van der Waals surface area contributed by atoms with E-state index in [0.717, 1.165) is 6.92 Å². The Kier molecular flexibility index (Phi) is 3.31. The van der Waals surface area contributed by atoms with Gasteiger partial charge >= 0.3 is 0 Å². The molecule has 19 heavy (non-hydrogen) atoms. The second kappa shape index (κ2) is 4.43. The quantitative estimate of drug-likeness (QED) is 0.778. The molecule has 1 heterocycles. The Bertz CT molecular complexity index is 465. The molecule has 1 saturated heterocycles. The Hall–Kier alpha value is -1.19. The van der Waals surface area contributed by atoms with Gasteiger partial charge in [0.05, 0.1) is 5.92 Å². The van der Waals surface area contributed by atoms with Crippen LogP contribution >= 0.6 is 0 Å². The number of alkyl halides is 2. The smallest absolute Gasteiger partial charge is 0.251 e. The summed E-state index contributed by atoms with van der Waals surface area (Å²) in [5, 5.41) is 0. The highest BCUT2D eigenvalue weighted by atomic mass is 19.3. The molecule has 106 valence electrons. The van der Waals surface area contributed by atoms with Crippen LogP contribution in [0.4, 0.5) is 18.9 Å². The van der Waals surface area contributed by atoms with Gasteiger partial charge in [-0.15, -0.1) is 0 Å². The molecule has 0 aromatic heterocycles. The van der Waals surface area contributed by atoms with E-state index in [9.17, 15) is 13.2 Å². The lowest BCUT2D eigenvalue weighted by atomic mass is 9.86. The van der Waals surface area contributed by atoms with Gasteiger partial charge in [-0.2, -0.15) is 0 Å². The number of rotatable bonds is 2. The molecular formula is C15H20F3N. The van der Waals surface area contributed by atoms with Crippen molar-refractivity contribution in [3.8, 4) is 0 Å². The third kappa shape index (κ3) is 2.88. The van der Waals surface area contributed by atoms with Crippen LogP contribution in [0.25, 0.3) is 0 Å². The van der Waals surface area contributed by atoms with Gasteiger partial charge < -0.3 is 4.90 Å². The van der Waals surface area contributed by atoms with Crippen LogP contribution in [0.15, 0.2) is 18.2 Å². The normalized spacial score (nSPS) is 17.5. The van der Waals surface area contributed by atoms with Gasteiger partial charge in [0.2, 0.25) is 0 Å². The second-order valence-electron chi connectivity index (χ2n) is 6.47. The first-order chi connectivity index (χ1) is 8.59. The van der Waals surface area contributed by atoms with E-state index in [-0.39, 0.29) is 24.3 Å². The zero-order valence-corrected chi connectivity index (χ0v) is 11.8. The van der Waals surface area contributed by atoms with Crippen molar-refractivity contribution < 1.29 is 13.2 Å². The molecule has 1 nitrogen and oxygen atoms in total. The maximum atomic E-state index is 14.0. The molecular weight excluding hydrogens is 251 g/mol. The summed E-state index contributed by atoms with van der Waals surface area (Å²) in [6.07, 6.45) is 0. The van der Waals surface area contributed by atoms with Gasteiger partial charge in [-0.1, -0.05) is 26.8 Å². The topological polar surface area (TPSA) is 3.24 Å². The van der Waals surface area contributed by atoms with E-state index in [4.69, 9.17) is 0 Å². The van der Waals surface area contributed by atoms with Crippen molar-refractivity contribution in [3.63, 3.8) is 0 Å². The summed E-state index contributed by atoms with van der Waals surface area (Å²) in [5.41, 5.74) is 1.08. The first kappa shape index (κ1) is 14.2. The third-order valence-electron chi connectivity index (χ3n) is 3.72. The van der Waals surface area contributed by atoms with Gasteiger partial charge in [0.25, 0.3) is 5.92 Å². The number of halogens is 3. The van der Waals surface area contributed by atoms with Crippen LogP contribution in [0.1, 0.15) is 33.3 Å². The average molecular weight is 271 g/mol. The van der Waals surface area contributed by atoms with Crippen molar-refractivity contribution in [2.24, 2.45) is 5.92 Å². The van der Waals surface area contributed by atoms with E-state index in [1.165, 1.54) is 6.07 Å². The summed E-state index contributed by atoms with van der Waals surface area (Å²) in [5.74, 6) is -3.55. The first-order valence-electron chi connectivity index (χ1n) is 6.52. The summed E-state index contributed by atoms with van der Waals surface area (Å²) >= 11 is 0. The molecule has 0 atom stereocenters. The highest BCUT2D eigenvalue weighted by molar-refractivity contribution is 5.51. The Labute approximate surface area is 112 Å². The number of hydrogen-bond donors (Lipinski definition) is 0. The molecule has 0 bridgehead atoms. The molecule has 1 aromatic carbocycles. The van der Waals surface area contributed by atoms with Gasteiger partial charge in [-0.3, -0.25) is 0 Å². The molecule has 0 unspecified atom stereocenters. The van der Waals surface area contributed by atoms with E-state index >= 15 is 0 Å². The average Bonchev–Trinajstić information content (AvgIpc) is 2.10. The highest BCUT2D eigenvalue weighted by Crippen LogP contribution is 2.36. The van der Waals surface area contributed by atoms with Crippen molar-refractivity contribution in [3.05, 3.63) is 29.6 Å². The number of hydrogen-bond acceptors (Lipinski definition) is 1. The first-order valence-corrected chi connectivity index (χ1v) is 6.52. The molecule has 1 aliphatic heterocycles. The molecule has 0 aliphatic carbocycles. The van der Waals surface area contributed by atoms with E-state index in [1.807, 2.05) is 26.8 Å². The Morgan fingerprint density at radius 2 is 1.68 bits per heavy atom. The standard InChI is InChI=1S/C15H20F3N/c1-14(2,3)12-6-5-11(7-13(12)16)19-8-10(9-19)15(4,17)18/h5-7,10H,8-9H2,1-4H3. The number of benzene rings is 1. The lowest BCUT2D eigenvalue weighted by Gasteiger charge is -2.43. The van der Waals surface area contributed by atoms with Gasteiger partial charge in [-0.25, -0.2) is 13.2 Å². The molecule has 0 radical (unpaired) electrons. The molecule has 2 rings (SSSR count). The monoisotopic (exact) mass is 271 g/mol. The van der Waals surface area contributed by atoms with Crippen molar-refractivity contribution in [1.82, 2.24) is 0 Å². The molecule has 1 aromatic rings. The van der Waals surface area contributed by atoms with Crippen LogP contribution in [-0.4, -0.2) is 19.0 Å². The Balaban J connectivity index is 2.11. The fraction of sp³-hybridized carbons (Fsp3) is 0.600. The fourth-order valence-corrected chi connectivity index (χ4v) is 2.32. The zero-order valence-electron chi connectivity index (χ0n) is 11.8. The fourth-order valence-electron chi connectivity index (χ4n) is 2.32. The SMILES string of the molecule is CC(C)(C)c1ccc(N2CC(C(C)(F)F)C2)cc1F. The minimum Gasteiger partial charge on any atom is -0.370 e. The van der Waals surface area contributed by atoms with E-state index in [2.05, 4.69) is 0 Å². The van der Waals surface area contributed by atoms with Crippen LogP contribution in [0.3, 0.4) is 0 Å². The summed E-state index contributed by atoms with van der Waals surface area (Å²) in [4.78, 5) is 1.79. The lowest BCUT2D eigenvalue weighted by Crippen LogP contribution is -2.53. The molecule has 1 fully saturated rings. The second-order valence-corrected chi connectivity index (χ2v) is 6.47. The van der Waals surface area contributed by atoms with E-state index < -0.39 is 11.8 Å². The van der Waals surface area contributed by atoms with Crippen molar-refractivity contribution >= 4 is 5.69 Å². The number of nitrogens with zero attached hydrogens (tertiary/aromatic N) is 1. The number of anilines is 1. The maximum absolute atomic E-state index is 14.0. The largest absolute Gasteiger partial charge is 0.370 e. The van der Waals surface area contributed by atoms with Crippen LogP contribution in [0.5, 0.6) is 0 Å². The molecule has 1 aliphatic rings. The van der Waals surface area contributed by atoms with Gasteiger partial charge in [-0.05, 0) is 30.0 Å². The summed E-state index contributed by atoms with van der Waals surface area (Å²) in [7, 11) is 0. The van der Waals surface area contributed by atoms with Crippen molar-refractivity contribution in [1.29, 1.82) is 0 Å². The summed E-state index contributed by atoms with van der Waals surface area (Å²) < 4.78 is 40.1. The third-order valence-corrected chi connectivity index (χ3v) is 3.72. The molecule has 4 heteroatoms. The van der Waals surface area contributed by atoms with E-state index in [1.54, 1.807) is 11.0 Å². The van der Waals surface area contributed by atoms with Crippen LogP contribution in [-0.2, 0) is 5.41 Å². The molecule has 0 amide bonds. The van der Waals surface area contributed by atoms with Crippen LogP contribution in [0, 0.1) is 11.7 Å². The lowest BCUT2D eigenvalue weighted by molar-refractivity contribution is -0.0499. The van der Waals surface area contributed by atoms with E-state index in [0.29, 0.717) is 11.3 Å². The summed E-state index contributed by atoms with van der Waals surface area (Å²) in [6.45, 7) is 7.36. The highest BCUT2D eigenvalue weighted by Gasteiger charge is 2.42. The molecule has 0 N–H and O–H groups in total. The minimum absolute atomic E-state index is 0.253. The minimum atomic E-state index is -2.65. The van der Waals surface area contributed by atoms with Crippen molar-refractivity contribution in [2.45, 2.75) is 39.0 Å². The van der Waals surface area contributed by atoms with Gasteiger partial charge in [0.1, 0.15) is 5.82 Å². The van der Waals surface area contributed by atoms with Crippen LogP contribution in [0.2, 0.25) is 0 Å². The maximum Gasteiger partial charge on any atom is 0.251 e. The zero-order chi connectivity index (χ0) is 14.4. The Morgan fingerprint density at radius 3 is 2.11 bits per heavy atom. The van der Waals surface area contributed by atoms with Gasteiger partial charge in [0.15, 0.2) is 0 Å². The molecule has 0 saturated carbocycles. The molecule has 0 spiro atoms. The predicted octanol–water partition coefficient (Wildman–Crippen LogP) is 4.21. The van der Waals surface area contributed by atoms with Gasteiger partial charge in [0, 0.05) is 18.8 Å². The summed E-state index contributed by atoms with van der Waals surface area (Å²) in [6, 6.07) is 5.01. The van der Waals surface area contributed by atoms with Crippen LogP contribution < -0.4 is 4.90 Å². The predicted molar refractivity (Wildman–Crippen MR) is 71.4 cm³/mol. The Morgan fingerprint density at radius 1 is 1.11 bits per heavy atom. The van der Waals surface area contributed by atoms with Crippen molar-refractivity contribution in [2.75, 3.05) is 18.0 Å².